The van der Waals surface area contributed by atoms with E-state index >= 15 is 0 Å². The molecule has 0 aromatic carbocycles. The molecule has 1 rings (SSSR count). The minimum Gasteiger partial charge on any atom is -0.479 e. The van der Waals surface area contributed by atoms with Gasteiger partial charge in [-0.15, -0.1) is 0 Å². The number of rotatable bonds is 4. The third-order valence-electron chi connectivity index (χ3n) is 3.48. The van der Waals surface area contributed by atoms with Crippen molar-refractivity contribution in [1.82, 2.24) is 4.90 Å². The van der Waals surface area contributed by atoms with Crippen molar-refractivity contribution in [2.45, 2.75) is 57.2 Å². The van der Waals surface area contributed by atoms with Gasteiger partial charge in [0, 0.05) is 0 Å². The van der Waals surface area contributed by atoms with Gasteiger partial charge in [0.15, 0.2) is 0 Å². The van der Waals surface area contributed by atoms with Crippen LogP contribution in [0.15, 0.2) is 0 Å². The molecule has 0 aromatic rings. The van der Waals surface area contributed by atoms with Crippen LogP contribution in [0.25, 0.3) is 0 Å². The predicted molar refractivity (Wildman–Crippen MR) is 68.0 cm³/mol. The minimum absolute atomic E-state index is 0.249. The van der Waals surface area contributed by atoms with Crippen LogP contribution < -0.4 is 11.5 Å². The highest BCUT2D eigenvalue weighted by Gasteiger charge is 2.52. The van der Waals surface area contributed by atoms with Crippen LogP contribution in [-0.2, 0) is 14.4 Å². The first kappa shape index (κ1) is 15.6. The normalized spacial score (nSPS) is 20.6. The molecule has 0 spiro atoms. The van der Waals surface area contributed by atoms with E-state index < -0.39 is 35.4 Å². The topological polar surface area (TPSA) is 127 Å². The lowest BCUT2D eigenvalue weighted by Gasteiger charge is -2.38. The Bertz CT molecular complexity index is 366. The van der Waals surface area contributed by atoms with Gasteiger partial charge < -0.3 is 16.6 Å². The second-order valence-electron chi connectivity index (χ2n) is 5.13. The maximum atomic E-state index is 12.1. The smallest absolute Gasteiger partial charge is 0.330 e. The van der Waals surface area contributed by atoms with Gasteiger partial charge in [-0.2, -0.15) is 0 Å². The van der Waals surface area contributed by atoms with Crippen molar-refractivity contribution >= 4 is 17.8 Å². The van der Waals surface area contributed by atoms with E-state index in [9.17, 15) is 19.5 Å². The van der Waals surface area contributed by atoms with Crippen molar-refractivity contribution in [3.8, 4) is 0 Å². The number of amides is 2. The fourth-order valence-corrected chi connectivity index (χ4v) is 2.43. The van der Waals surface area contributed by atoms with Gasteiger partial charge >= 0.3 is 5.97 Å². The zero-order chi connectivity index (χ0) is 14.8. The number of carboxylic acids is 1. The Hall–Kier alpha value is -1.47. The summed E-state index contributed by atoms with van der Waals surface area (Å²) < 4.78 is 0. The summed E-state index contributed by atoms with van der Waals surface area (Å²) in [7, 11) is 0. The van der Waals surface area contributed by atoms with Crippen molar-refractivity contribution in [2.75, 3.05) is 0 Å². The highest BCUT2D eigenvalue weighted by molar-refractivity contribution is 6.04. The van der Waals surface area contributed by atoms with Gasteiger partial charge in [-0.3, -0.25) is 14.5 Å². The molecule has 0 bridgehead atoms. The first-order chi connectivity index (χ1) is 8.74. The summed E-state index contributed by atoms with van der Waals surface area (Å²) in [5.41, 5.74) is 9.56. The van der Waals surface area contributed by atoms with Gasteiger partial charge in [0.2, 0.25) is 11.8 Å². The lowest BCUT2D eigenvalue weighted by molar-refractivity contribution is -0.167. The fraction of sp³-hybridized carbons (Fsp3) is 0.750. The van der Waals surface area contributed by atoms with Crippen LogP contribution in [0.1, 0.15) is 39.5 Å². The Morgan fingerprint density at radius 3 is 1.68 bits per heavy atom. The van der Waals surface area contributed by atoms with Crippen molar-refractivity contribution in [3.63, 3.8) is 0 Å². The number of nitrogens with zero attached hydrogens (tertiary/aromatic N) is 1. The van der Waals surface area contributed by atoms with E-state index in [-0.39, 0.29) is 12.8 Å². The number of carbonyl (C=O) groups is 3. The van der Waals surface area contributed by atoms with E-state index in [1.165, 1.54) is 13.8 Å². The summed E-state index contributed by atoms with van der Waals surface area (Å²) in [5.74, 6) is -2.55. The van der Waals surface area contributed by atoms with Gasteiger partial charge in [0.1, 0.15) is 5.54 Å². The molecular weight excluding hydrogens is 250 g/mol. The number of aliphatic carboxylic acids is 1. The van der Waals surface area contributed by atoms with E-state index in [0.717, 1.165) is 4.90 Å². The number of carboxylic acid groups (broad SMARTS) is 1. The van der Waals surface area contributed by atoms with Gasteiger partial charge in [-0.25, -0.2) is 4.79 Å². The van der Waals surface area contributed by atoms with E-state index in [4.69, 9.17) is 11.5 Å². The van der Waals surface area contributed by atoms with Crippen molar-refractivity contribution in [3.05, 3.63) is 0 Å². The number of hydrogen-bond acceptors (Lipinski definition) is 5. The predicted octanol–water partition coefficient (Wildman–Crippen LogP) is -0.567. The van der Waals surface area contributed by atoms with Crippen molar-refractivity contribution in [1.29, 1.82) is 0 Å². The van der Waals surface area contributed by atoms with Crippen LogP contribution in [0.5, 0.6) is 0 Å². The SMILES string of the molecule is C[C@H](N)C(=O)N(C(=O)[C@H](C)N)C1(C(=O)O)CCCC1. The molecule has 108 valence electrons. The average Bonchev–Trinajstić information content (AvgIpc) is 2.79. The second-order valence-corrected chi connectivity index (χ2v) is 5.13. The lowest BCUT2D eigenvalue weighted by atomic mass is 9.93. The first-order valence-corrected chi connectivity index (χ1v) is 6.36. The largest absolute Gasteiger partial charge is 0.479 e. The summed E-state index contributed by atoms with van der Waals surface area (Å²) in [6.45, 7) is 2.85. The number of imide groups is 1. The van der Waals surface area contributed by atoms with E-state index in [0.29, 0.717) is 12.8 Å². The molecule has 0 unspecified atom stereocenters. The maximum Gasteiger partial charge on any atom is 0.330 e. The molecule has 0 saturated heterocycles. The Morgan fingerprint density at radius 2 is 1.42 bits per heavy atom. The first-order valence-electron chi connectivity index (χ1n) is 6.36. The Morgan fingerprint density at radius 1 is 1.05 bits per heavy atom. The molecule has 1 aliphatic rings. The summed E-state index contributed by atoms with van der Waals surface area (Å²) in [6, 6.07) is -1.89. The second kappa shape index (κ2) is 5.66. The Kier molecular flexibility index (Phi) is 4.65. The molecule has 0 aliphatic heterocycles. The van der Waals surface area contributed by atoms with Crippen LogP contribution in [0.2, 0.25) is 0 Å². The average molecular weight is 271 g/mol. The summed E-state index contributed by atoms with van der Waals surface area (Å²) in [5, 5.41) is 9.47. The quantitative estimate of drug-likeness (QED) is 0.628. The molecule has 1 saturated carbocycles. The molecule has 2 amide bonds. The minimum atomic E-state index is -1.49. The molecule has 1 fully saturated rings. The van der Waals surface area contributed by atoms with Crippen molar-refractivity contribution in [2.24, 2.45) is 11.5 Å². The summed E-state index contributed by atoms with van der Waals surface area (Å²) in [6.07, 6.45) is 1.81. The number of nitrogens with two attached hydrogens (primary N) is 2. The van der Waals surface area contributed by atoms with Gasteiger partial charge in [0.05, 0.1) is 12.1 Å². The standard InChI is InChI=1S/C12H21N3O4/c1-7(13)9(16)15(10(17)8(2)14)12(11(18)19)5-3-4-6-12/h7-8H,3-6,13-14H2,1-2H3,(H,18,19)/t7-,8-/m0/s1. The molecule has 7 heteroatoms. The molecule has 19 heavy (non-hydrogen) atoms. The molecule has 0 radical (unpaired) electrons. The molecule has 1 aliphatic carbocycles. The van der Waals surface area contributed by atoms with Crippen LogP contribution in [0, 0.1) is 0 Å². The van der Waals surface area contributed by atoms with Crippen LogP contribution >= 0.6 is 0 Å². The molecule has 7 nitrogen and oxygen atoms in total. The lowest BCUT2D eigenvalue weighted by Crippen LogP contribution is -2.63. The van der Waals surface area contributed by atoms with E-state index in [1.54, 1.807) is 0 Å². The maximum absolute atomic E-state index is 12.1. The van der Waals surface area contributed by atoms with Crippen LogP contribution in [0.4, 0.5) is 0 Å². The Balaban J connectivity index is 3.25. The fourth-order valence-electron chi connectivity index (χ4n) is 2.43. The molecule has 2 atom stereocenters. The molecule has 0 heterocycles. The summed E-state index contributed by atoms with van der Waals surface area (Å²) >= 11 is 0. The van der Waals surface area contributed by atoms with E-state index in [1.807, 2.05) is 0 Å². The monoisotopic (exact) mass is 271 g/mol. The number of hydrogen-bond donors (Lipinski definition) is 3. The molecular formula is C12H21N3O4. The van der Waals surface area contributed by atoms with E-state index in [2.05, 4.69) is 0 Å². The number of carbonyl (C=O) groups excluding carboxylic acids is 2. The van der Waals surface area contributed by atoms with Gasteiger partial charge in [-0.1, -0.05) is 12.8 Å². The third kappa shape index (κ3) is 2.76. The highest BCUT2D eigenvalue weighted by atomic mass is 16.4. The van der Waals surface area contributed by atoms with Gasteiger partial charge in [0.25, 0.3) is 0 Å². The molecule has 0 aromatic heterocycles. The van der Waals surface area contributed by atoms with Gasteiger partial charge in [-0.05, 0) is 26.7 Å². The Labute approximate surface area is 111 Å². The molecule has 5 N–H and O–H groups in total. The van der Waals surface area contributed by atoms with Crippen molar-refractivity contribution < 1.29 is 19.5 Å². The highest BCUT2D eigenvalue weighted by Crippen LogP contribution is 2.36. The van der Waals surface area contributed by atoms with Crippen LogP contribution in [-0.4, -0.2) is 45.4 Å². The zero-order valence-corrected chi connectivity index (χ0v) is 11.3. The van der Waals surface area contributed by atoms with Crippen LogP contribution in [0.3, 0.4) is 0 Å². The zero-order valence-electron chi connectivity index (χ0n) is 11.3. The third-order valence-corrected chi connectivity index (χ3v) is 3.48. The summed E-state index contributed by atoms with van der Waals surface area (Å²) in [4.78, 5) is 36.7.